The zero-order valence-electron chi connectivity index (χ0n) is 52.1. The van der Waals surface area contributed by atoms with Crippen LogP contribution in [0.25, 0.3) is 0 Å². The topological polar surface area (TPSA) is 154 Å². The molecular weight excluding hydrogens is 1510 g/mol. The molecule has 0 aliphatic heterocycles. The van der Waals surface area contributed by atoms with E-state index in [1.165, 1.54) is 35.6 Å². The van der Waals surface area contributed by atoms with Crippen molar-refractivity contribution in [1.29, 1.82) is 0 Å². The van der Waals surface area contributed by atoms with Crippen molar-refractivity contribution in [3.63, 3.8) is 0 Å². The second kappa shape index (κ2) is 55.2. The molecule has 4 N–H and O–H groups in total. The Bertz CT molecular complexity index is 2780. The number of hydrogen-bond donors (Lipinski definition) is 4. The van der Waals surface area contributed by atoms with E-state index in [0.717, 1.165) is 114 Å². The molecular formula is C60H82BBr4Cl5FN6NaO6PS. The molecule has 86 heavy (non-hydrogen) atoms. The van der Waals surface area contributed by atoms with Gasteiger partial charge in [-0.15, -0.1) is 0 Å². The van der Waals surface area contributed by atoms with E-state index in [-0.39, 0.29) is 73.8 Å². The maximum atomic E-state index is 12.3. The largest absolute Gasteiger partial charge is 1.00 e. The van der Waals surface area contributed by atoms with Gasteiger partial charge >= 0.3 is 29.6 Å². The molecule has 0 saturated heterocycles. The molecule has 0 amide bonds. The summed E-state index contributed by atoms with van der Waals surface area (Å²) in [5, 5.41) is 28.4. The van der Waals surface area contributed by atoms with Crippen LogP contribution in [0.5, 0.6) is 0 Å². The number of aldehydes is 2. The van der Waals surface area contributed by atoms with Gasteiger partial charge in [0.2, 0.25) is 0 Å². The van der Waals surface area contributed by atoms with Crippen LogP contribution in [-0.4, -0.2) is 112 Å². The first-order chi connectivity index (χ1) is 40.0. The number of aliphatic hydroxyl groups excluding tert-OH is 3. The maximum absolute atomic E-state index is 12.3. The number of aromatic amines is 1. The minimum Gasteiger partial charge on any atom is -1.00 e. The number of halogens is 10. The van der Waals surface area contributed by atoms with Gasteiger partial charge in [-0.2, -0.15) is 0 Å². The van der Waals surface area contributed by atoms with Crippen molar-refractivity contribution in [1.82, 2.24) is 9.97 Å². The van der Waals surface area contributed by atoms with E-state index in [1.54, 1.807) is 19.9 Å². The van der Waals surface area contributed by atoms with Gasteiger partial charge in [0.1, 0.15) is 9.85 Å². The quantitative estimate of drug-likeness (QED) is 0.0152. The zero-order valence-corrected chi connectivity index (χ0v) is 64.9. The fraction of sp³-hybridized carbons (Fsp3) is 0.400. The van der Waals surface area contributed by atoms with Crippen LogP contribution in [0.3, 0.4) is 0 Å². The minimum atomic E-state index is -0.435. The predicted molar refractivity (Wildman–Crippen MR) is 386 cm³/mol. The van der Waals surface area contributed by atoms with Gasteiger partial charge in [-0.25, -0.2) is 9.37 Å². The van der Waals surface area contributed by atoms with Gasteiger partial charge in [0.15, 0.2) is 17.7 Å². The van der Waals surface area contributed by atoms with Crippen molar-refractivity contribution in [2.75, 3.05) is 85.2 Å². The van der Waals surface area contributed by atoms with E-state index < -0.39 is 5.82 Å². The summed E-state index contributed by atoms with van der Waals surface area (Å²) in [5.41, 5.74) is 8.90. The maximum Gasteiger partial charge on any atom is 1.00 e. The number of benzene rings is 5. The van der Waals surface area contributed by atoms with Crippen molar-refractivity contribution in [2.45, 2.75) is 99.0 Å². The molecule has 473 valence electrons. The third-order valence-electron chi connectivity index (χ3n) is 11.4. The molecule has 1 aromatic heterocycles. The summed E-state index contributed by atoms with van der Waals surface area (Å²) in [6.45, 7) is 30.4. The monoisotopic (exact) mass is 1590 g/mol. The number of nitrogens with one attached hydrogen (secondary N) is 1. The molecule has 0 aliphatic rings. The molecule has 0 unspecified atom stereocenters. The molecule has 6 rings (SSSR count). The summed E-state index contributed by atoms with van der Waals surface area (Å²) in [6.07, 6.45) is 1.36. The van der Waals surface area contributed by atoms with Crippen molar-refractivity contribution >= 4 is 180 Å². The van der Waals surface area contributed by atoms with Gasteiger partial charge < -0.3 is 41.3 Å². The van der Waals surface area contributed by atoms with Gasteiger partial charge in [0.25, 0.3) is 5.56 Å². The molecule has 0 fully saturated rings. The summed E-state index contributed by atoms with van der Waals surface area (Å²) < 4.78 is 12.1. The number of aryl methyl sites for hydroxylation is 1. The second-order valence-corrected chi connectivity index (χ2v) is 35.6. The number of thioether (sulfide) groups is 1. The van der Waals surface area contributed by atoms with Crippen LogP contribution in [-0.2, 0) is 17.7 Å². The van der Waals surface area contributed by atoms with Crippen LogP contribution >= 0.6 is 136 Å². The van der Waals surface area contributed by atoms with Gasteiger partial charge in [-0.05, 0) is 212 Å². The Morgan fingerprint density at radius 2 is 0.872 bits per heavy atom. The molecule has 26 heteroatoms. The van der Waals surface area contributed by atoms with Crippen molar-refractivity contribution < 1.29 is 60.3 Å². The SMILES string of the molecule is BrP(Br)Br.CCN(CC)c1ccc(C=O)c(Cl)c1.CCN(CC)c1ccc(CBr)c(Cl)c1.CCN(CC)c1ccc(CO)c(Cl)c1.CCN(CC)c1ccc(CSc2nc(C)cc(=O)[nH]2)c(Cl)c1.CCO.CCO.O=Cc1ccc(F)cc1Cl.[B].[H-].[Na+]. The molecule has 0 atom stereocenters. The average molecular weight is 1600 g/mol. The Balaban J connectivity index is -0.000000312. The Morgan fingerprint density at radius 3 is 1.16 bits per heavy atom. The molecule has 5 aromatic carbocycles. The van der Waals surface area contributed by atoms with E-state index in [9.17, 15) is 18.8 Å². The fourth-order valence-corrected chi connectivity index (χ4v) is 9.88. The summed E-state index contributed by atoms with van der Waals surface area (Å²) >= 11 is 44.3. The first-order valence-corrected chi connectivity index (χ1v) is 38.3. The predicted octanol–water partition coefficient (Wildman–Crippen LogP) is 16.1. The zero-order chi connectivity index (χ0) is 64.3. The average Bonchev–Trinajstić information content (AvgIpc) is 3.37. The van der Waals surface area contributed by atoms with Crippen molar-refractivity contribution in [2.24, 2.45) is 0 Å². The van der Waals surface area contributed by atoms with E-state index in [0.29, 0.717) is 44.1 Å². The number of alkyl halides is 1. The molecule has 3 radical (unpaired) electrons. The van der Waals surface area contributed by atoms with Gasteiger partial charge in [0.05, 0.1) is 16.7 Å². The Kier molecular flexibility index (Phi) is 58.4. The van der Waals surface area contributed by atoms with Crippen molar-refractivity contribution in [3.8, 4) is 0 Å². The Morgan fingerprint density at radius 1 is 0.558 bits per heavy atom. The number of H-pyrrole nitrogens is 1. The number of anilines is 4. The molecule has 0 spiro atoms. The Labute approximate surface area is 599 Å². The number of carbonyl (C=O) groups is 2. The van der Waals surface area contributed by atoms with Crippen LogP contribution < -0.4 is 54.7 Å². The van der Waals surface area contributed by atoms with E-state index >= 15 is 0 Å². The van der Waals surface area contributed by atoms with E-state index in [2.05, 4.69) is 166 Å². The van der Waals surface area contributed by atoms with Crippen LogP contribution in [0.4, 0.5) is 27.1 Å². The van der Waals surface area contributed by atoms with E-state index in [4.69, 9.17) is 73.3 Å². The van der Waals surface area contributed by atoms with Gasteiger partial charge in [-0.1, -0.05) is 104 Å². The number of nitrogens with zero attached hydrogens (tertiary/aromatic N) is 5. The normalized spacial score (nSPS) is 9.64. The summed E-state index contributed by atoms with van der Waals surface area (Å²) in [5.74, 6) is 0.236. The fourth-order valence-electron chi connectivity index (χ4n) is 7.08. The number of aromatic nitrogens is 2. The molecule has 6 aromatic rings. The molecule has 12 nitrogen and oxygen atoms in total. The number of carbonyl (C=O) groups excluding carboxylic acids is 2. The number of hydrogen-bond acceptors (Lipinski definition) is 12. The van der Waals surface area contributed by atoms with Crippen LogP contribution in [0.1, 0.15) is 114 Å². The summed E-state index contributed by atoms with van der Waals surface area (Å²) in [4.78, 5) is 48.1. The molecule has 0 bridgehead atoms. The molecule has 1 heterocycles. The van der Waals surface area contributed by atoms with E-state index in [1.807, 2.05) is 55.5 Å². The third-order valence-corrected chi connectivity index (χ3v) is 14.6. The van der Waals surface area contributed by atoms with Gasteiger partial charge in [0, 0.05) is 146 Å². The van der Waals surface area contributed by atoms with Crippen molar-refractivity contribution in [3.05, 3.63) is 172 Å². The minimum absolute atomic E-state index is 0. The smallest absolute Gasteiger partial charge is 1.00 e. The first-order valence-electron chi connectivity index (χ1n) is 26.9. The van der Waals surface area contributed by atoms with Crippen LogP contribution in [0.15, 0.2) is 107 Å². The standard InChI is InChI=1S/C16H20ClN3OS.C11H15BrClN.C11H16ClNO.C11H14ClNO.C7H4ClFO.2C2H6O.B.Br3P.Na.H/c1-4-20(5-2)13-7-6-12(14(17)9-13)10-22-16-18-11(3)8-15(21)19-16;1-3-14(4-2)10-6-5-9(8-12)11(13)7-10;2*1-3-13(4-2)10-6-5-9(8-14)11(12)7-10;8-7-3-6(9)2-1-5(7)4-10;2*1-2-3;;1-4(2)3;;/h6-9H,4-5,10H2,1-3H3,(H,18,19,21);5-7H,3-4,8H2,1-2H3;5-7,14H,3-4,8H2,1-2H3;5-8H,3-4H2,1-2H3;1-4H;2*3H,2H2,1H3;;;;/q;;;;;;;;;+1;-1. The molecule has 0 saturated carbocycles. The summed E-state index contributed by atoms with van der Waals surface area (Å²) in [7, 11) is 0. The second-order valence-electron chi connectivity index (χ2n) is 16.7. The number of aliphatic hydroxyl groups is 3. The Hall–Kier alpha value is -1.46. The van der Waals surface area contributed by atoms with Gasteiger partial charge in [-0.3, -0.25) is 14.4 Å². The van der Waals surface area contributed by atoms with Crippen LogP contribution in [0, 0.1) is 12.7 Å². The van der Waals surface area contributed by atoms with Crippen LogP contribution in [0.2, 0.25) is 25.1 Å². The first kappa shape index (κ1) is 91.0. The summed E-state index contributed by atoms with van der Waals surface area (Å²) in [6, 6.07) is 28.7. The third kappa shape index (κ3) is 37.8. The molecule has 0 aliphatic carbocycles. The number of rotatable bonds is 19.